The molecule has 1 aromatic heterocycles. The second kappa shape index (κ2) is 6.07. The molecule has 0 aliphatic heterocycles. The predicted octanol–water partition coefficient (Wildman–Crippen LogP) is 1.58. The summed E-state index contributed by atoms with van der Waals surface area (Å²) in [5.41, 5.74) is 3.25. The third kappa shape index (κ3) is 3.27. The molecule has 104 valence electrons. The van der Waals surface area contributed by atoms with Crippen LogP contribution in [0.15, 0.2) is 36.5 Å². The lowest BCUT2D eigenvalue weighted by atomic mass is 10.2. The molecule has 5 nitrogen and oxygen atoms in total. The zero-order chi connectivity index (χ0) is 14.5. The van der Waals surface area contributed by atoms with Gasteiger partial charge in [-0.25, -0.2) is 8.78 Å². The number of nitrogens with one attached hydrogen (secondary N) is 2. The number of nitrogens with zero attached hydrogens (tertiary/aromatic N) is 1. The van der Waals surface area contributed by atoms with E-state index in [1.807, 2.05) is 0 Å². The first kappa shape index (κ1) is 13.9. The van der Waals surface area contributed by atoms with Crippen LogP contribution in [0.25, 0.3) is 0 Å². The lowest BCUT2D eigenvalue weighted by Gasteiger charge is -2.07. The van der Waals surface area contributed by atoms with Crippen LogP contribution >= 0.6 is 0 Å². The fourth-order valence-electron chi connectivity index (χ4n) is 1.58. The summed E-state index contributed by atoms with van der Waals surface area (Å²) in [5, 5.41) is 2.49. The van der Waals surface area contributed by atoms with E-state index >= 15 is 0 Å². The topological polar surface area (TPSA) is 80.0 Å². The summed E-state index contributed by atoms with van der Waals surface area (Å²) in [4.78, 5) is 15.7. The zero-order valence-electron chi connectivity index (χ0n) is 10.4. The van der Waals surface area contributed by atoms with Crippen molar-refractivity contribution in [2.75, 3.05) is 5.43 Å². The Kier molecular flexibility index (Phi) is 4.21. The highest BCUT2D eigenvalue weighted by Gasteiger charge is 2.09. The molecular formula is C13H12F2N4O. The van der Waals surface area contributed by atoms with Crippen LogP contribution in [0, 0.1) is 11.6 Å². The van der Waals surface area contributed by atoms with Crippen molar-refractivity contribution < 1.29 is 13.6 Å². The zero-order valence-corrected chi connectivity index (χ0v) is 10.4. The fourth-order valence-corrected chi connectivity index (χ4v) is 1.58. The monoisotopic (exact) mass is 278 g/mol. The lowest BCUT2D eigenvalue weighted by Crippen LogP contribution is -2.24. The van der Waals surface area contributed by atoms with E-state index in [9.17, 15) is 13.6 Å². The van der Waals surface area contributed by atoms with Gasteiger partial charge < -0.3 is 10.7 Å². The van der Waals surface area contributed by atoms with Crippen molar-refractivity contribution in [3.8, 4) is 0 Å². The van der Waals surface area contributed by atoms with E-state index in [0.29, 0.717) is 5.69 Å². The number of benzene rings is 1. The maximum atomic E-state index is 13.4. The summed E-state index contributed by atoms with van der Waals surface area (Å²) in [6, 6.07) is 6.21. The van der Waals surface area contributed by atoms with Crippen molar-refractivity contribution in [2.45, 2.75) is 6.54 Å². The van der Waals surface area contributed by atoms with Gasteiger partial charge >= 0.3 is 0 Å². The number of rotatable bonds is 4. The summed E-state index contributed by atoms with van der Waals surface area (Å²) in [6.07, 6.45) is 1.42. The molecule has 0 fully saturated rings. The number of carbonyl (C=O) groups excluding carboxylic acids is 1. The van der Waals surface area contributed by atoms with Crippen LogP contribution in [-0.2, 0) is 6.54 Å². The van der Waals surface area contributed by atoms with Crippen molar-refractivity contribution in [3.05, 3.63) is 59.4 Å². The van der Waals surface area contributed by atoms with E-state index in [-0.39, 0.29) is 17.8 Å². The molecule has 2 aromatic rings. The Labute approximate surface area is 113 Å². The minimum atomic E-state index is -0.712. The number of hydrogen-bond acceptors (Lipinski definition) is 4. The Morgan fingerprint density at radius 2 is 2.05 bits per heavy atom. The van der Waals surface area contributed by atoms with Gasteiger partial charge in [0.15, 0.2) is 0 Å². The first-order chi connectivity index (χ1) is 9.60. The highest BCUT2D eigenvalue weighted by atomic mass is 19.1. The van der Waals surface area contributed by atoms with Crippen LogP contribution in [0.3, 0.4) is 0 Å². The van der Waals surface area contributed by atoms with Gasteiger partial charge in [-0.15, -0.1) is 0 Å². The number of aromatic nitrogens is 1. The SMILES string of the molecule is NNc1ccnc(C(=O)NCc2ccc(F)cc2F)c1. The van der Waals surface area contributed by atoms with Crippen LogP contribution in [0.2, 0.25) is 0 Å². The van der Waals surface area contributed by atoms with Crippen molar-refractivity contribution in [1.29, 1.82) is 0 Å². The molecule has 0 aliphatic rings. The quantitative estimate of drug-likeness (QED) is 0.586. The van der Waals surface area contributed by atoms with E-state index in [2.05, 4.69) is 15.7 Å². The van der Waals surface area contributed by atoms with Gasteiger partial charge in [0.25, 0.3) is 5.91 Å². The van der Waals surface area contributed by atoms with Gasteiger partial charge in [0.1, 0.15) is 17.3 Å². The number of amides is 1. The molecule has 0 unspecified atom stereocenters. The molecule has 0 spiro atoms. The van der Waals surface area contributed by atoms with Crippen LogP contribution in [0.5, 0.6) is 0 Å². The molecular weight excluding hydrogens is 266 g/mol. The summed E-state index contributed by atoms with van der Waals surface area (Å²) in [6.45, 7) is -0.0626. The Morgan fingerprint density at radius 1 is 1.25 bits per heavy atom. The summed E-state index contributed by atoms with van der Waals surface area (Å²) in [7, 11) is 0. The van der Waals surface area contributed by atoms with Gasteiger partial charge in [-0.05, 0) is 18.2 Å². The molecule has 0 atom stereocenters. The summed E-state index contributed by atoms with van der Waals surface area (Å²) >= 11 is 0. The normalized spacial score (nSPS) is 10.2. The van der Waals surface area contributed by atoms with Crippen molar-refractivity contribution in [1.82, 2.24) is 10.3 Å². The standard InChI is InChI=1S/C13H12F2N4O/c14-9-2-1-8(11(15)5-9)7-18-13(20)12-6-10(19-16)3-4-17-12/h1-6H,7,16H2,(H,17,19)(H,18,20). The largest absolute Gasteiger partial charge is 0.347 e. The van der Waals surface area contributed by atoms with Crippen molar-refractivity contribution in [3.63, 3.8) is 0 Å². The van der Waals surface area contributed by atoms with Gasteiger partial charge in [-0.2, -0.15) is 0 Å². The minimum absolute atomic E-state index is 0.0626. The molecule has 20 heavy (non-hydrogen) atoms. The van der Waals surface area contributed by atoms with Crippen molar-refractivity contribution >= 4 is 11.6 Å². The summed E-state index contributed by atoms with van der Waals surface area (Å²) < 4.78 is 26.1. The molecule has 7 heteroatoms. The first-order valence-corrected chi connectivity index (χ1v) is 5.75. The molecule has 0 bridgehead atoms. The number of nitrogen functional groups attached to an aromatic ring is 1. The lowest BCUT2D eigenvalue weighted by molar-refractivity contribution is 0.0945. The van der Waals surface area contributed by atoms with Gasteiger partial charge in [0.2, 0.25) is 0 Å². The highest BCUT2D eigenvalue weighted by Crippen LogP contribution is 2.10. The van der Waals surface area contributed by atoms with Crippen LogP contribution in [0.1, 0.15) is 16.1 Å². The average molecular weight is 278 g/mol. The molecule has 1 amide bonds. The summed E-state index contributed by atoms with van der Waals surface area (Å²) in [5.74, 6) is 3.36. The second-order valence-corrected chi connectivity index (χ2v) is 3.99. The molecule has 4 N–H and O–H groups in total. The van der Waals surface area contributed by atoms with Crippen LogP contribution < -0.4 is 16.6 Å². The number of carbonyl (C=O) groups is 1. The maximum Gasteiger partial charge on any atom is 0.270 e. The van der Waals surface area contributed by atoms with Gasteiger partial charge in [0.05, 0.1) is 5.69 Å². The number of pyridine rings is 1. The molecule has 0 aliphatic carbocycles. The van der Waals surface area contributed by atoms with E-state index in [1.165, 1.54) is 18.3 Å². The smallest absolute Gasteiger partial charge is 0.270 e. The van der Waals surface area contributed by atoms with Gasteiger partial charge in [-0.1, -0.05) is 6.07 Å². The number of hydrazine groups is 1. The molecule has 2 rings (SSSR count). The van der Waals surface area contributed by atoms with Gasteiger partial charge in [-0.3, -0.25) is 15.6 Å². The molecule has 0 saturated heterocycles. The Hall–Kier alpha value is -2.54. The molecule has 1 aromatic carbocycles. The third-order valence-corrected chi connectivity index (χ3v) is 2.61. The Balaban J connectivity index is 2.04. The Bertz CT molecular complexity index is 634. The number of nitrogens with two attached hydrogens (primary N) is 1. The maximum absolute atomic E-state index is 13.4. The Morgan fingerprint density at radius 3 is 2.75 bits per heavy atom. The number of halogens is 2. The van der Waals surface area contributed by atoms with Crippen LogP contribution in [0.4, 0.5) is 14.5 Å². The van der Waals surface area contributed by atoms with E-state index in [4.69, 9.17) is 5.84 Å². The minimum Gasteiger partial charge on any atom is -0.347 e. The second-order valence-electron chi connectivity index (χ2n) is 3.99. The number of anilines is 1. The highest BCUT2D eigenvalue weighted by molar-refractivity contribution is 5.93. The third-order valence-electron chi connectivity index (χ3n) is 2.61. The van der Waals surface area contributed by atoms with E-state index in [0.717, 1.165) is 12.1 Å². The first-order valence-electron chi connectivity index (χ1n) is 5.75. The molecule has 0 radical (unpaired) electrons. The fraction of sp³-hybridized carbons (Fsp3) is 0.0769. The van der Waals surface area contributed by atoms with E-state index < -0.39 is 17.5 Å². The van der Waals surface area contributed by atoms with Crippen molar-refractivity contribution in [2.24, 2.45) is 5.84 Å². The molecule has 1 heterocycles. The van der Waals surface area contributed by atoms with E-state index in [1.54, 1.807) is 6.07 Å². The molecule has 0 saturated carbocycles. The number of hydrogen-bond donors (Lipinski definition) is 3. The van der Waals surface area contributed by atoms with Gasteiger partial charge in [0, 0.05) is 24.4 Å². The predicted molar refractivity (Wildman–Crippen MR) is 69.6 cm³/mol. The average Bonchev–Trinajstić information content (AvgIpc) is 2.46. The van der Waals surface area contributed by atoms with Crippen LogP contribution in [-0.4, -0.2) is 10.9 Å².